The van der Waals surface area contributed by atoms with Crippen molar-refractivity contribution < 1.29 is 9.90 Å². The van der Waals surface area contributed by atoms with Gasteiger partial charge in [-0.15, -0.1) is 0 Å². The largest absolute Gasteiger partial charge is 0.478 e. The molecule has 0 spiro atoms. The number of aromatic nitrogens is 2. The second-order valence-electron chi connectivity index (χ2n) is 4.87. The van der Waals surface area contributed by atoms with E-state index >= 15 is 0 Å². The Morgan fingerprint density at radius 3 is 2.75 bits per heavy atom. The van der Waals surface area contributed by atoms with Gasteiger partial charge in [-0.05, 0) is 43.2 Å². The molecule has 100 valence electrons. The first-order valence-corrected chi connectivity index (χ1v) is 6.36. The van der Waals surface area contributed by atoms with Gasteiger partial charge in [-0.1, -0.05) is 18.2 Å². The summed E-state index contributed by atoms with van der Waals surface area (Å²) in [7, 11) is 0. The van der Waals surface area contributed by atoms with Gasteiger partial charge in [0.05, 0.1) is 16.6 Å². The first-order chi connectivity index (χ1) is 9.56. The van der Waals surface area contributed by atoms with Gasteiger partial charge in [0.15, 0.2) is 0 Å². The maximum atomic E-state index is 11.0. The number of aromatic carboxylic acids is 1. The molecule has 3 rings (SSSR count). The molecule has 0 fully saturated rings. The number of carbonyl (C=O) groups is 1. The highest BCUT2D eigenvalue weighted by molar-refractivity contribution is 5.93. The minimum Gasteiger partial charge on any atom is -0.478 e. The van der Waals surface area contributed by atoms with Crippen LogP contribution in [0.25, 0.3) is 22.4 Å². The lowest BCUT2D eigenvalue weighted by atomic mass is 10.0. The molecule has 4 nitrogen and oxygen atoms in total. The van der Waals surface area contributed by atoms with E-state index in [2.05, 4.69) is 29.9 Å². The quantitative estimate of drug-likeness (QED) is 0.745. The molecule has 0 radical (unpaired) electrons. The molecule has 1 heterocycles. The predicted molar refractivity (Wildman–Crippen MR) is 78.0 cm³/mol. The van der Waals surface area contributed by atoms with Crippen LogP contribution in [0.1, 0.15) is 21.5 Å². The van der Waals surface area contributed by atoms with E-state index in [9.17, 15) is 4.79 Å². The highest BCUT2D eigenvalue weighted by Gasteiger charge is 2.10. The fourth-order valence-electron chi connectivity index (χ4n) is 2.28. The summed E-state index contributed by atoms with van der Waals surface area (Å²) in [6.45, 7) is 4.12. The molecular weight excluding hydrogens is 252 g/mol. The van der Waals surface area contributed by atoms with E-state index in [1.807, 2.05) is 12.1 Å². The van der Waals surface area contributed by atoms with Crippen LogP contribution in [0.15, 0.2) is 36.4 Å². The fraction of sp³-hybridized carbons (Fsp3) is 0.125. The van der Waals surface area contributed by atoms with Gasteiger partial charge in [-0.3, -0.25) is 0 Å². The number of benzene rings is 2. The van der Waals surface area contributed by atoms with Crippen LogP contribution in [0.4, 0.5) is 0 Å². The molecular formula is C16H14N2O2. The van der Waals surface area contributed by atoms with Crippen molar-refractivity contribution >= 4 is 17.0 Å². The number of hydrogen-bond donors (Lipinski definition) is 2. The average molecular weight is 266 g/mol. The molecule has 1 aromatic heterocycles. The zero-order valence-electron chi connectivity index (χ0n) is 11.3. The lowest BCUT2D eigenvalue weighted by Gasteiger charge is -2.05. The third-order valence-corrected chi connectivity index (χ3v) is 3.59. The summed E-state index contributed by atoms with van der Waals surface area (Å²) >= 11 is 0. The number of carboxylic acids is 1. The summed E-state index contributed by atoms with van der Waals surface area (Å²) in [4.78, 5) is 18.7. The fourth-order valence-corrected chi connectivity index (χ4v) is 2.28. The van der Waals surface area contributed by atoms with Crippen molar-refractivity contribution in [2.45, 2.75) is 13.8 Å². The predicted octanol–water partition coefficient (Wildman–Crippen LogP) is 3.54. The molecule has 0 unspecified atom stereocenters. The molecule has 0 saturated heterocycles. The van der Waals surface area contributed by atoms with E-state index < -0.39 is 5.97 Å². The molecule has 0 aliphatic carbocycles. The van der Waals surface area contributed by atoms with Gasteiger partial charge in [-0.25, -0.2) is 9.78 Å². The van der Waals surface area contributed by atoms with Crippen LogP contribution in [0, 0.1) is 13.8 Å². The zero-order valence-corrected chi connectivity index (χ0v) is 11.3. The summed E-state index contributed by atoms with van der Waals surface area (Å²) in [5.74, 6) is -0.168. The summed E-state index contributed by atoms with van der Waals surface area (Å²) in [6, 6.07) is 11.0. The van der Waals surface area contributed by atoms with Gasteiger partial charge in [0.1, 0.15) is 5.82 Å². The van der Waals surface area contributed by atoms with Crippen molar-refractivity contribution in [3.63, 3.8) is 0 Å². The zero-order chi connectivity index (χ0) is 14.3. The maximum absolute atomic E-state index is 11.0. The number of H-pyrrole nitrogens is 1. The van der Waals surface area contributed by atoms with E-state index in [1.54, 1.807) is 18.2 Å². The number of nitrogens with zero attached hydrogens (tertiary/aromatic N) is 1. The molecule has 0 saturated carbocycles. The Bertz CT molecular complexity index is 818. The van der Waals surface area contributed by atoms with Gasteiger partial charge >= 0.3 is 5.97 Å². The standard InChI is InChI=1S/C16H14N2O2/c1-9-4-3-5-12(10(9)2)15-17-13-7-6-11(16(19)20)8-14(13)18-15/h3-8H,1-2H3,(H,17,18)(H,19,20). The summed E-state index contributed by atoms with van der Waals surface area (Å²) in [5, 5.41) is 9.01. The number of aromatic amines is 1. The molecule has 0 aliphatic rings. The minimum atomic E-state index is -0.935. The van der Waals surface area contributed by atoms with Gasteiger partial charge in [-0.2, -0.15) is 0 Å². The first kappa shape index (κ1) is 12.4. The number of fused-ring (bicyclic) bond motifs is 1. The van der Waals surface area contributed by atoms with Crippen LogP contribution in [0.3, 0.4) is 0 Å². The molecule has 0 bridgehead atoms. The van der Waals surface area contributed by atoms with Gasteiger partial charge in [0.25, 0.3) is 0 Å². The molecule has 20 heavy (non-hydrogen) atoms. The van der Waals surface area contributed by atoms with Crippen LogP contribution in [0.5, 0.6) is 0 Å². The first-order valence-electron chi connectivity index (χ1n) is 6.36. The van der Waals surface area contributed by atoms with Crippen LogP contribution in [-0.4, -0.2) is 21.0 Å². The van der Waals surface area contributed by atoms with Crippen LogP contribution >= 0.6 is 0 Å². The van der Waals surface area contributed by atoms with E-state index in [4.69, 9.17) is 5.11 Å². The number of nitrogens with one attached hydrogen (secondary N) is 1. The van der Waals surface area contributed by atoms with Crippen molar-refractivity contribution in [2.75, 3.05) is 0 Å². The summed E-state index contributed by atoms with van der Waals surface area (Å²) < 4.78 is 0. The Labute approximate surface area is 116 Å². The smallest absolute Gasteiger partial charge is 0.335 e. The topological polar surface area (TPSA) is 66.0 Å². The van der Waals surface area contributed by atoms with Crippen molar-refractivity contribution in [2.24, 2.45) is 0 Å². The summed E-state index contributed by atoms with van der Waals surface area (Å²) in [6.07, 6.45) is 0. The second kappa shape index (κ2) is 4.49. The maximum Gasteiger partial charge on any atom is 0.335 e. The van der Waals surface area contributed by atoms with Crippen molar-refractivity contribution in [3.05, 3.63) is 53.1 Å². The number of carboxylic acid groups (broad SMARTS) is 1. The van der Waals surface area contributed by atoms with Gasteiger partial charge in [0.2, 0.25) is 0 Å². The van der Waals surface area contributed by atoms with Crippen molar-refractivity contribution in [1.29, 1.82) is 0 Å². The molecule has 3 aromatic rings. The normalized spacial score (nSPS) is 10.9. The van der Waals surface area contributed by atoms with Gasteiger partial charge in [0, 0.05) is 5.56 Å². The Morgan fingerprint density at radius 1 is 1.20 bits per heavy atom. The molecule has 0 atom stereocenters. The Morgan fingerprint density at radius 2 is 2.00 bits per heavy atom. The molecule has 2 N–H and O–H groups in total. The highest BCUT2D eigenvalue weighted by atomic mass is 16.4. The summed E-state index contributed by atoms with van der Waals surface area (Å²) in [5.41, 5.74) is 5.18. The van der Waals surface area contributed by atoms with Crippen molar-refractivity contribution in [1.82, 2.24) is 9.97 Å². The lowest BCUT2D eigenvalue weighted by molar-refractivity contribution is 0.0697. The molecule has 2 aromatic carbocycles. The minimum absolute atomic E-state index is 0.258. The lowest BCUT2D eigenvalue weighted by Crippen LogP contribution is -1.94. The van der Waals surface area contributed by atoms with Gasteiger partial charge < -0.3 is 10.1 Å². The average Bonchev–Trinajstić information content (AvgIpc) is 2.84. The Hall–Kier alpha value is -2.62. The monoisotopic (exact) mass is 266 g/mol. The Kier molecular flexibility index (Phi) is 2.79. The molecule has 0 amide bonds. The van der Waals surface area contributed by atoms with E-state index in [-0.39, 0.29) is 5.56 Å². The highest BCUT2D eigenvalue weighted by Crippen LogP contribution is 2.25. The SMILES string of the molecule is Cc1cccc(-c2nc3ccc(C(=O)O)cc3[nH]2)c1C. The third-order valence-electron chi connectivity index (χ3n) is 3.59. The number of imidazole rings is 1. The van der Waals surface area contributed by atoms with E-state index in [0.717, 1.165) is 22.4 Å². The van der Waals surface area contributed by atoms with E-state index in [0.29, 0.717) is 0 Å². The third kappa shape index (κ3) is 1.95. The second-order valence-corrected chi connectivity index (χ2v) is 4.87. The van der Waals surface area contributed by atoms with Crippen LogP contribution in [0.2, 0.25) is 0 Å². The number of aryl methyl sites for hydroxylation is 1. The molecule has 4 heteroatoms. The van der Waals surface area contributed by atoms with Crippen LogP contribution in [-0.2, 0) is 0 Å². The molecule has 0 aliphatic heterocycles. The number of rotatable bonds is 2. The van der Waals surface area contributed by atoms with E-state index in [1.165, 1.54) is 11.1 Å². The van der Waals surface area contributed by atoms with Crippen molar-refractivity contribution in [3.8, 4) is 11.4 Å². The van der Waals surface area contributed by atoms with Crippen LogP contribution < -0.4 is 0 Å². The number of hydrogen-bond acceptors (Lipinski definition) is 2. The Balaban J connectivity index is 2.18.